The molecule has 0 aromatic heterocycles. The van der Waals surface area contributed by atoms with Crippen molar-refractivity contribution in [2.24, 2.45) is 0 Å². The summed E-state index contributed by atoms with van der Waals surface area (Å²) in [5, 5.41) is 8.47. The molecule has 0 saturated carbocycles. The minimum Gasteiger partial charge on any atom is -0.696 e. The van der Waals surface area contributed by atoms with Crippen LogP contribution in [0.3, 0.4) is 0 Å². The maximum absolute atomic E-state index is 7.13. The summed E-state index contributed by atoms with van der Waals surface area (Å²) in [4.78, 5) is 0. The Hall–Kier alpha value is 0.227. The van der Waals surface area contributed by atoms with Crippen LogP contribution < -0.4 is 18.9 Å². The van der Waals surface area contributed by atoms with E-state index in [1.807, 2.05) is 6.92 Å². The van der Waals surface area contributed by atoms with Crippen molar-refractivity contribution in [2.45, 2.75) is 13.2 Å². The van der Waals surface area contributed by atoms with Crippen LogP contribution in [0.25, 0.3) is 0 Å². The first-order valence-electron chi connectivity index (χ1n) is 2.29. The third kappa shape index (κ3) is 24.0. The second kappa shape index (κ2) is 16.1. The molecular weight excluding hydrogens is 145 g/mol. The van der Waals surface area contributed by atoms with Gasteiger partial charge in [-0.1, -0.05) is 5.40 Å². The summed E-state index contributed by atoms with van der Waals surface area (Å²) in [6.45, 7) is 1.83. The normalized spacial score (nSPS) is 6.70. The molecule has 0 aromatic rings. The Bertz CT molecular complexity index is 82.2. The molecule has 3 nitrogen and oxygen atoms in total. The van der Waals surface area contributed by atoms with Gasteiger partial charge in [0.15, 0.2) is 6.29 Å². The van der Waals surface area contributed by atoms with Gasteiger partial charge in [-0.25, -0.2) is 5.26 Å². The summed E-state index contributed by atoms with van der Waals surface area (Å²) in [6.07, 6.45) is -0.0648. The summed E-state index contributed by atoms with van der Waals surface area (Å²) in [6, 6.07) is 0. The van der Waals surface area contributed by atoms with Crippen LogP contribution >= 0.6 is 0 Å². The van der Waals surface area contributed by atoms with Crippen molar-refractivity contribution in [1.82, 2.24) is 0 Å². The standard InChI is InChI=1S/C4H10O2.CHNS.Li/c1-4(5-2)6-3;2-1-3;/h4H,1-3H3;3H;/q;;+1/p-1. The predicted molar refractivity (Wildman–Crippen MR) is 36.5 cm³/mol. The fourth-order valence-electron chi connectivity index (χ4n) is 0.0962. The zero-order chi connectivity index (χ0) is 7.70. The van der Waals surface area contributed by atoms with E-state index >= 15 is 0 Å². The first-order valence-corrected chi connectivity index (χ1v) is 2.70. The average molecular weight is 155 g/mol. The van der Waals surface area contributed by atoms with Crippen molar-refractivity contribution in [2.75, 3.05) is 14.2 Å². The molecule has 0 atom stereocenters. The molecule has 0 spiro atoms. The minimum atomic E-state index is -0.0648. The number of thiocyanates is 1. The molecule has 10 heavy (non-hydrogen) atoms. The average Bonchev–Trinajstić information content (AvgIpc) is 1.88. The van der Waals surface area contributed by atoms with Crippen LogP contribution in [0.4, 0.5) is 0 Å². The summed E-state index contributed by atoms with van der Waals surface area (Å²) < 4.78 is 9.35. The summed E-state index contributed by atoms with van der Waals surface area (Å²) in [7, 11) is 3.21. The van der Waals surface area contributed by atoms with E-state index in [1.54, 1.807) is 14.2 Å². The fourth-order valence-corrected chi connectivity index (χ4v) is 0.0962. The number of methoxy groups -OCH3 is 2. The first kappa shape index (κ1) is 16.7. The quantitative estimate of drug-likeness (QED) is 0.194. The maximum Gasteiger partial charge on any atom is 1.00 e. The number of nitrogens with zero attached hydrogens (tertiary/aromatic N) is 1. The molecule has 0 fully saturated rings. The molecule has 54 valence electrons. The Morgan fingerprint density at radius 2 is 1.60 bits per heavy atom. The third-order valence-electron chi connectivity index (χ3n) is 0.664. The topological polar surface area (TPSA) is 42.2 Å². The zero-order valence-corrected chi connectivity index (χ0v) is 7.57. The van der Waals surface area contributed by atoms with Crippen molar-refractivity contribution in [1.29, 1.82) is 5.26 Å². The van der Waals surface area contributed by atoms with E-state index in [-0.39, 0.29) is 25.2 Å². The van der Waals surface area contributed by atoms with Gasteiger partial charge < -0.3 is 22.1 Å². The van der Waals surface area contributed by atoms with Crippen LogP contribution in [0.5, 0.6) is 0 Å². The van der Waals surface area contributed by atoms with E-state index in [0.29, 0.717) is 0 Å². The van der Waals surface area contributed by atoms with Crippen LogP contribution in [0.2, 0.25) is 0 Å². The van der Waals surface area contributed by atoms with Crippen molar-refractivity contribution >= 4 is 12.6 Å². The Balaban J connectivity index is -0.000000107. The van der Waals surface area contributed by atoms with E-state index in [1.165, 1.54) is 5.40 Å². The van der Waals surface area contributed by atoms with Crippen LogP contribution in [0.1, 0.15) is 6.92 Å². The number of hydrogen-bond donors (Lipinski definition) is 0. The molecule has 0 unspecified atom stereocenters. The van der Waals surface area contributed by atoms with Crippen LogP contribution in [0.15, 0.2) is 0 Å². The summed E-state index contributed by atoms with van der Waals surface area (Å²) >= 11 is 3.70. The van der Waals surface area contributed by atoms with Gasteiger partial charge in [0.25, 0.3) is 0 Å². The van der Waals surface area contributed by atoms with Crippen molar-refractivity contribution in [3.8, 4) is 5.40 Å². The Morgan fingerprint density at radius 1 is 1.40 bits per heavy atom. The molecule has 0 N–H and O–H groups in total. The van der Waals surface area contributed by atoms with E-state index in [4.69, 9.17) is 5.26 Å². The van der Waals surface area contributed by atoms with Gasteiger partial charge in [0.05, 0.1) is 0 Å². The van der Waals surface area contributed by atoms with Crippen LogP contribution in [0, 0.1) is 10.7 Å². The second-order valence-electron chi connectivity index (χ2n) is 1.13. The number of hydrogen-bond acceptors (Lipinski definition) is 4. The molecule has 0 heterocycles. The second-order valence-corrected chi connectivity index (χ2v) is 1.31. The van der Waals surface area contributed by atoms with Crippen molar-refractivity contribution in [3.63, 3.8) is 0 Å². The van der Waals surface area contributed by atoms with Crippen molar-refractivity contribution < 1.29 is 28.3 Å². The first-order chi connectivity index (χ1) is 4.22. The maximum atomic E-state index is 7.13. The Morgan fingerprint density at radius 3 is 1.60 bits per heavy atom. The molecule has 5 heteroatoms. The van der Waals surface area contributed by atoms with Crippen LogP contribution in [-0.2, 0) is 22.1 Å². The van der Waals surface area contributed by atoms with Gasteiger partial charge in [-0.15, -0.1) is 0 Å². The molecule has 0 saturated heterocycles. The largest absolute Gasteiger partial charge is 1.00 e. The van der Waals surface area contributed by atoms with E-state index < -0.39 is 0 Å². The monoisotopic (exact) mass is 155 g/mol. The van der Waals surface area contributed by atoms with E-state index in [9.17, 15) is 0 Å². The van der Waals surface area contributed by atoms with Gasteiger partial charge in [-0.3, -0.25) is 0 Å². The van der Waals surface area contributed by atoms with Gasteiger partial charge in [-0.2, -0.15) is 0 Å². The smallest absolute Gasteiger partial charge is 0.696 e. The molecule has 0 rings (SSSR count). The fraction of sp³-hybridized carbons (Fsp3) is 0.800. The molecule has 0 amide bonds. The van der Waals surface area contributed by atoms with Gasteiger partial charge in [0, 0.05) is 14.2 Å². The molecule has 0 radical (unpaired) electrons. The number of ether oxygens (including phenoxy) is 2. The molecule has 0 aliphatic heterocycles. The molecular formula is C5H10LiNO2S. The van der Waals surface area contributed by atoms with Gasteiger partial charge >= 0.3 is 18.9 Å². The number of nitriles is 1. The van der Waals surface area contributed by atoms with Gasteiger partial charge in [0.2, 0.25) is 0 Å². The van der Waals surface area contributed by atoms with Crippen LogP contribution in [-0.4, -0.2) is 20.5 Å². The Kier molecular flexibility index (Phi) is 26.9. The molecule has 0 aromatic carbocycles. The summed E-state index contributed by atoms with van der Waals surface area (Å²) in [5.74, 6) is 0. The minimum absolute atomic E-state index is 0. The van der Waals surface area contributed by atoms with Gasteiger partial charge in [0.1, 0.15) is 0 Å². The zero-order valence-electron chi connectivity index (χ0n) is 6.75. The summed E-state index contributed by atoms with van der Waals surface area (Å²) in [5.41, 5.74) is 0. The number of rotatable bonds is 2. The third-order valence-corrected chi connectivity index (χ3v) is 0.664. The van der Waals surface area contributed by atoms with E-state index in [2.05, 4.69) is 22.1 Å². The SMILES string of the molecule is COC(C)OC.N#C[S-].[Li+]. The van der Waals surface area contributed by atoms with Gasteiger partial charge in [-0.05, 0) is 6.92 Å². The molecule has 0 bridgehead atoms. The van der Waals surface area contributed by atoms with E-state index in [0.717, 1.165) is 0 Å². The molecule has 0 aliphatic carbocycles. The molecule has 0 aliphatic rings. The predicted octanol–water partition coefficient (Wildman–Crippen LogP) is -2.36. The van der Waals surface area contributed by atoms with Crippen molar-refractivity contribution in [3.05, 3.63) is 0 Å². The Labute approximate surface area is 79.3 Å².